The van der Waals surface area contributed by atoms with Crippen LogP contribution in [0.15, 0.2) is 17.0 Å². The Labute approximate surface area is 219 Å². The highest BCUT2D eigenvalue weighted by atomic mass is 32.2. The number of carbonyl (C=O) groups is 1. The Morgan fingerprint density at radius 1 is 1.08 bits per heavy atom. The summed E-state index contributed by atoms with van der Waals surface area (Å²) in [5.74, 6) is 1.93. The van der Waals surface area contributed by atoms with Gasteiger partial charge in [-0.05, 0) is 66.9 Å². The lowest BCUT2D eigenvalue weighted by Crippen LogP contribution is -2.65. The normalized spacial score (nSPS) is 40.2. The number of nitrogens with one attached hydrogen (secondary N) is 1. The molecule has 0 aromatic heterocycles. The quantitative estimate of drug-likeness (QED) is 0.329. The first-order chi connectivity index (χ1) is 17.0. The van der Waals surface area contributed by atoms with Gasteiger partial charge in [0.05, 0.1) is 11.7 Å². The van der Waals surface area contributed by atoms with Crippen LogP contribution in [-0.4, -0.2) is 48.9 Å². The van der Waals surface area contributed by atoms with Crippen molar-refractivity contribution in [2.24, 2.45) is 23.2 Å². The molecule has 1 aromatic rings. The molecule has 7 aliphatic rings. The van der Waals surface area contributed by atoms with Gasteiger partial charge in [-0.25, -0.2) is 4.79 Å². The molecular formula is C28H38BNO5S. The predicted octanol–water partition coefficient (Wildman–Crippen LogP) is 5.26. The Kier molecular flexibility index (Phi) is 5.09. The summed E-state index contributed by atoms with van der Waals surface area (Å²) in [6, 6.07) is 4.28. The van der Waals surface area contributed by atoms with Gasteiger partial charge in [0.25, 0.3) is 0 Å². The highest BCUT2D eigenvalue weighted by Gasteiger charge is 2.70. The van der Waals surface area contributed by atoms with Crippen molar-refractivity contribution in [3.63, 3.8) is 0 Å². The maximum Gasteiger partial charge on any atom is 0.461 e. The topological polar surface area (TPSA) is 66.0 Å². The molecule has 1 N–H and O–H groups in total. The standard InChI is InChI=1S/C28H38BNO5S/c1-14(15-12-30-13-15)36-20-8-7-17(24-23(20)25(31)33-27(4,5)32-24)18-11-19(18)29-34-22-10-16-9-21(26(16,2)3)28(22,6)35-29/h7-8,14-16,18-19,21-22,30H,9-13H2,1-6H3/t14-,16-,18+,19+,21-,22+,28+/m1/s1. The van der Waals surface area contributed by atoms with Crippen LogP contribution >= 0.6 is 11.8 Å². The fraction of sp³-hybridized carbons (Fsp3) is 0.750. The number of hydrogen-bond donors (Lipinski definition) is 1. The van der Waals surface area contributed by atoms with E-state index >= 15 is 0 Å². The van der Waals surface area contributed by atoms with Gasteiger partial charge >= 0.3 is 13.1 Å². The molecule has 4 aliphatic carbocycles. The molecule has 36 heavy (non-hydrogen) atoms. The lowest BCUT2D eigenvalue weighted by molar-refractivity contribution is -0.199. The summed E-state index contributed by atoms with van der Waals surface area (Å²) in [5.41, 5.74) is 1.84. The number of hydrogen-bond acceptors (Lipinski definition) is 7. The highest BCUT2D eigenvalue weighted by Crippen LogP contribution is 2.68. The molecule has 8 heteroatoms. The van der Waals surface area contributed by atoms with Crippen LogP contribution in [0.2, 0.25) is 5.82 Å². The molecule has 1 aromatic carbocycles. The summed E-state index contributed by atoms with van der Waals surface area (Å²) >= 11 is 1.76. The van der Waals surface area contributed by atoms with Crippen LogP contribution in [0, 0.1) is 23.2 Å². The largest absolute Gasteiger partial charge is 0.461 e. The monoisotopic (exact) mass is 511 g/mol. The van der Waals surface area contributed by atoms with Crippen LogP contribution < -0.4 is 10.1 Å². The third-order valence-corrected chi connectivity index (χ3v) is 11.7. The van der Waals surface area contributed by atoms with Gasteiger partial charge in [-0.3, -0.25) is 0 Å². The fourth-order valence-corrected chi connectivity index (χ4v) is 8.94. The van der Waals surface area contributed by atoms with Crippen LogP contribution in [0.1, 0.15) is 82.6 Å². The lowest BCUT2D eigenvalue weighted by atomic mass is 9.43. The number of ether oxygens (including phenoxy) is 2. The van der Waals surface area contributed by atoms with E-state index in [1.54, 1.807) is 11.8 Å². The van der Waals surface area contributed by atoms with E-state index in [0.29, 0.717) is 39.6 Å². The van der Waals surface area contributed by atoms with Gasteiger partial charge in [-0.15, -0.1) is 11.8 Å². The van der Waals surface area contributed by atoms with E-state index < -0.39 is 5.79 Å². The van der Waals surface area contributed by atoms with Crippen molar-refractivity contribution in [3.8, 4) is 5.75 Å². The number of benzene rings is 1. The maximum absolute atomic E-state index is 13.2. The van der Waals surface area contributed by atoms with Gasteiger partial charge in [0, 0.05) is 42.9 Å². The van der Waals surface area contributed by atoms with E-state index in [4.69, 9.17) is 18.8 Å². The summed E-state index contributed by atoms with van der Waals surface area (Å²) in [5, 5.41) is 3.77. The van der Waals surface area contributed by atoms with Crippen molar-refractivity contribution in [1.82, 2.24) is 5.32 Å². The van der Waals surface area contributed by atoms with Gasteiger partial charge in [0.1, 0.15) is 11.3 Å². The van der Waals surface area contributed by atoms with Crippen molar-refractivity contribution in [2.75, 3.05) is 13.1 Å². The van der Waals surface area contributed by atoms with Crippen molar-refractivity contribution in [3.05, 3.63) is 23.3 Å². The van der Waals surface area contributed by atoms with Crippen molar-refractivity contribution >= 4 is 24.8 Å². The molecule has 0 spiro atoms. The first kappa shape index (κ1) is 23.9. The molecule has 4 saturated carbocycles. The molecule has 6 nitrogen and oxygen atoms in total. The Bertz CT molecular complexity index is 1120. The number of fused-ring (bicyclic) bond motifs is 1. The average molecular weight is 511 g/mol. The zero-order valence-electron chi connectivity index (χ0n) is 22.3. The molecule has 8 rings (SSSR count). The number of cyclic esters (lactones) is 1. The van der Waals surface area contributed by atoms with E-state index in [-0.39, 0.29) is 30.7 Å². The van der Waals surface area contributed by atoms with E-state index in [9.17, 15) is 4.79 Å². The SMILES string of the molecule is C[C@@H](Sc1ccc([C@@H]2C[C@@H]2B2O[C@H]3C[C@H]4C[C@H](C4(C)C)[C@]3(C)O2)c2c1C(=O)OC(C)(C)O2)C1CNC1. The Morgan fingerprint density at radius 3 is 2.56 bits per heavy atom. The van der Waals surface area contributed by atoms with Gasteiger partial charge in [0.15, 0.2) is 0 Å². The van der Waals surface area contributed by atoms with Crippen molar-refractivity contribution in [2.45, 2.75) is 100 Å². The van der Waals surface area contributed by atoms with Crippen LogP contribution in [-0.2, 0) is 14.0 Å². The minimum atomic E-state index is -0.981. The first-order valence-electron chi connectivity index (χ1n) is 13.8. The molecule has 6 fully saturated rings. The summed E-state index contributed by atoms with van der Waals surface area (Å²) in [7, 11) is -0.181. The van der Waals surface area contributed by atoms with Crippen LogP contribution in [0.4, 0.5) is 0 Å². The van der Waals surface area contributed by atoms with Gasteiger partial charge < -0.3 is 24.1 Å². The minimum Gasteiger partial charge on any atom is -0.452 e. The number of rotatable bonds is 5. The molecular weight excluding hydrogens is 473 g/mol. The molecule has 2 bridgehead atoms. The average Bonchev–Trinajstić information content (AvgIpc) is 3.44. The number of esters is 1. The van der Waals surface area contributed by atoms with Crippen LogP contribution in [0.25, 0.3) is 0 Å². The third-order valence-electron chi connectivity index (χ3n) is 10.4. The molecule has 0 amide bonds. The lowest BCUT2D eigenvalue weighted by Gasteiger charge is -2.64. The Balaban J connectivity index is 1.15. The number of thioether (sulfide) groups is 1. The zero-order valence-corrected chi connectivity index (χ0v) is 23.1. The zero-order chi connectivity index (χ0) is 25.2. The van der Waals surface area contributed by atoms with Crippen LogP contribution in [0.3, 0.4) is 0 Å². The molecule has 3 aliphatic heterocycles. The first-order valence-corrected chi connectivity index (χ1v) is 14.7. The van der Waals surface area contributed by atoms with Crippen molar-refractivity contribution in [1.29, 1.82) is 0 Å². The molecule has 2 saturated heterocycles. The summed E-state index contributed by atoms with van der Waals surface area (Å²) in [6.45, 7) is 15.0. The van der Waals surface area contributed by atoms with E-state index in [0.717, 1.165) is 42.3 Å². The van der Waals surface area contributed by atoms with Gasteiger partial charge in [-0.1, -0.05) is 26.8 Å². The summed E-state index contributed by atoms with van der Waals surface area (Å²) in [4.78, 5) is 14.2. The summed E-state index contributed by atoms with van der Waals surface area (Å²) in [6.07, 6.45) is 3.55. The molecule has 7 atom stereocenters. The molecule has 0 radical (unpaired) electrons. The van der Waals surface area contributed by atoms with Crippen LogP contribution in [0.5, 0.6) is 5.75 Å². The molecule has 194 valence electrons. The van der Waals surface area contributed by atoms with Crippen molar-refractivity contribution < 1.29 is 23.6 Å². The van der Waals surface area contributed by atoms with E-state index in [1.165, 1.54) is 6.42 Å². The second-order valence-electron chi connectivity index (χ2n) is 13.3. The summed E-state index contributed by atoms with van der Waals surface area (Å²) < 4.78 is 25.4. The smallest absolute Gasteiger partial charge is 0.452 e. The number of carbonyl (C=O) groups excluding carboxylic acids is 1. The Morgan fingerprint density at radius 2 is 1.86 bits per heavy atom. The minimum absolute atomic E-state index is 0.181. The van der Waals surface area contributed by atoms with E-state index in [1.807, 2.05) is 13.8 Å². The Hall–Kier alpha value is -1.22. The molecule has 0 unspecified atom stereocenters. The fourth-order valence-electron chi connectivity index (χ4n) is 7.71. The highest BCUT2D eigenvalue weighted by molar-refractivity contribution is 8.00. The van der Waals surface area contributed by atoms with Gasteiger partial charge in [0.2, 0.25) is 5.79 Å². The molecule has 3 heterocycles. The van der Waals surface area contributed by atoms with E-state index in [2.05, 4.69) is 45.1 Å². The second-order valence-corrected chi connectivity index (χ2v) is 14.8. The van der Waals surface area contributed by atoms with Gasteiger partial charge in [-0.2, -0.15) is 0 Å². The predicted molar refractivity (Wildman–Crippen MR) is 139 cm³/mol. The third kappa shape index (κ3) is 3.39. The second kappa shape index (κ2) is 7.68. The maximum atomic E-state index is 13.2.